The van der Waals surface area contributed by atoms with Gasteiger partial charge in [0.05, 0.1) is 6.61 Å². The SMILES string of the molecule is CN=C(NCCNC(=O)C(C)(C)C)Nc1cccc(OCCCOC)c1.I. The van der Waals surface area contributed by atoms with Crippen molar-refractivity contribution in [2.24, 2.45) is 10.4 Å². The molecule has 0 heterocycles. The van der Waals surface area contributed by atoms with E-state index in [2.05, 4.69) is 20.9 Å². The fourth-order valence-corrected chi connectivity index (χ4v) is 1.99. The lowest BCUT2D eigenvalue weighted by molar-refractivity contribution is -0.128. The molecule has 0 radical (unpaired) electrons. The Labute approximate surface area is 179 Å². The fraction of sp³-hybridized carbons (Fsp3) is 0.579. The fourth-order valence-electron chi connectivity index (χ4n) is 1.99. The molecule has 0 fully saturated rings. The highest BCUT2D eigenvalue weighted by atomic mass is 127. The molecule has 1 aromatic carbocycles. The van der Waals surface area contributed by atoms with Crippen molar-refractivity contribution in [3.63, 3.8) is 0 Å². The lowest BCUT2D eigenvalue weighted by Gasteiger charge is -2.18. The standard InChI is InChI=1S/C19H32N4O3.HI/c1-19(2,3)17(24)21-10-11-22-18(20-4)23-15-8-6-9-16(14-15)26-13-7-12-25-5;/h6,8-9,14H,7,10-13H2,1-5H3,(H,21,24)(H2,20,22,23);1H. The number of benzene rings is 1. The van der Waals surface area contributed by atoms with Crippen LogP contribution in [0.4, 0.5) is 5.69 Å². The molecule has 8 heteroatoms. The topological polar surface area (TPSA) is 84.0 Å². The first kappa shape index (κ1) is 25.4. The van der Waals surface area contributed by atoms with Crippen molar-refractivity contribution >= 4 is 41.5 Å². The van der Waals surface area contributed by atoms with Gasteiger partial charge in [0, 0.05) is 57.4 Å². The number of ether oxygens (including phenoxy) is 2. The number of amides is 1. The number of carbonyl (C=O) groups is 1. The minimum Gasteiger partial charge on any atom is -0.493 e. The zero-order chi connectivity index (χ0) is 19.4. The minimum absolute atomic E-state index is 0. The van der Waals surface area contributed by atoms with Crippen molar-refractivity contribution in [3.05, 3.63) is 24.3 Å². The Bertz CT molecular complexity index is 589. The van der Waals surface area contributed by atoms with Gasteiger partial charge in [-0.3, -0.25) is 9.79 Å². The van der Waals surface area contributed by atoms with Crippen LogP contribution in [0, 0.1) is 5.41 Å². The molecule has 1 amide bonds. The summed E-state index contributed by atoms with van der Waals surface area (Å²) in [5, 5.41) is 9.28. The molecule has 3 N–H and O–H groups in total. The van der Waals surface area contributed by atoms with Gasteiger partial charge in [-0.1, -0.05) is 26.8 Å². The highest BCUT2D eigenvalue weighted by Gasteiger charge is 2.20. The first-order valence-electron chi connectivity index (χ1n) is 8.84. The summed E-state index contributed by atoms with van der Waals surface area (Å²) in [4.78, 5) is 16.0. The van der Waals surface area contributed by atoms with Crippen molar-refractivity contribution in [1.29, 1.82) is 0 Å². The average molecular weight is 492 g/mol. The molecule has 0 bridgehead atoms. The van der Waals surface area contributed by atoms with Crippen LogP contribution in [0.1, 0.15) is 27.2 Å². The Morgan fingerprint density at radius 2 is 1.85 bits per heavy atom. The van der Waals surface area contributed by atoms with E-state index in [-0.39, 0.29) is 35.3 Å². The Balaban J connectivity index is 0.00000676. The molecule has 7 nitrogen and oxygen atoms in total. The third kappa shape index (κ3) is 11.0. The highest BCUT2D eigenvalue weighted by molar-refractivity contribution is 14.0. The summed E-state index contributed by atoms with van der Waals surface area (Å²) in [6.45, 7) is 8.06. The Morgan fingerprint density at radius 1 is 1.15 bits per heavy atom. The Kier molecular flexibility index (Phi) is 12.8. The van der Waals surface area contributed by atoms with E-state index in [1.165, 1.54) is 0 Å². The van der Waals surface area contributed by atoms with Crippen molar-refractivity contribution in [2.45, 2.75) is 27.2 Å². The van der Waals surface area contributed by atoms with E-state index < -0.39 is 0 Å². The van der Waals surface area contributed by atoms with E-state index in [9.17, 15) is 4.79 Å². The number of hydrogen-bond acceptors (Lipinski definition) is 4. The lowest BCUT2D eigenvalue weighted by atomic mass is 9.96. The maximum atomic E-state index is 11.8. The van der Waals surface area contributed by atoms with Gasteiger partial charge in [-0.15, -0.1) is 24.0 Å². The van der Waals surface area contributed by atoms with Crippen LogP contribution in [0.25, 0.3) is 0 Å². The maximum absolute atomic E-state index is 11.8. The molecule has 0 saturated carbocycles. The predicted octanol–water partition coefficient (Wildman–Crippen LogP) is 2.87. The second kappa shape index (κ2) is 13.6. The van der Waals surface area contributed by atoms with Crippen LogP contribution in [0.2, 0.25) is 0 Å². The number of rotatable bonds is 9. The van der Waals surface area contributed by atoms with E-state index in [1.54, 1.807) is 14.2 Å². The quantitative estimate of drug-likeness (QED) is 0.214. The summed E-state index contributed by atoms with van der Waals surface area (Å²) in [7, 11) is 3.38. The molecule has 1 aromatic rings. The molecule has 0 atom stereocenters. The van der Waals surface area contributed by atoms with Crippen LogP contribution in [-0.4, -0.2) is 52.3 Å². The molecular weight excluding hydrogens is 459 g/mol. The maximum Gasteiger partial charge on any atom is 0.225 e. The summed E-state index contributed by atoms with van der Waals surface area (Å²) in [5.41, 5.74) is 0.491. The zero-order valence-electron chi connectivity index (χ0n) is 16.9. The van der Waals surface area contributed by atoms with Crippen molar-refractivity contribution in [3.8, 4) is 5.75 Å². The average Bonchev–Trinajstić information content (AvgIpc) is 2.60. The van der Waals surface area contributed by atoms with Gasteiger partial charge < -0.3 is 25.4 Å². The Hall–Kier alpha value is -1.55. The van der Waals surface area contributed by atoms with Gasteiger partial charge in [0.15, 0.2) is 5.96 Å². The number of hydrogen-bond donors (Lipinski definition) is 3. The van der Waals surface area contributed by atoms with Crippen molar-refractivity contribution in [2.75, 3.05) is 45.8 Å². The van der Waals surface area contributed by atoms with Gasteiger partial charge in [-0.25, -0.2) is 0 Å². The monoisotopic (exact) mass is 492 g/mol. The summed E-state index contributed by atoms with van der Waals surface area (Å²) < 4.78 is 10.7. The van der Waals surface area contributed by atoms with Crippen LogP contribution < -0.4 is 20.7 Å². The van der Waals surface area contributed by atoms with Gasteiger partial charge in [0.25, 0.3) is 0 Å². The van der Waals surface area contributed by atoms with E-state index >= 15 is 0 Å². The third-order valence-corrected chi connectivity index (χ3v) is 3.47. The minimum atomic E-state index is -0.385. The van der Waals surface area contributed by atoms with Gasteiger partial charge in [-0.2, -0.15) is 0 Å². The second-order valence-electron chi connectivity index (χ2n) is 6.85. The molecule has 0 aliphatic rings. The molecule has 27 heavy (non-hydrogen) atoms. The van der Waals surface area contributed by atoms with Crippen LogP contribution in [0.15, 0.2) is 29.3 Å². The first-order valence-corrected chi connectivity index (χ1v) is 8.84. The third-order valence-electron chi connectivity index (χ3n) is 3.47. The van der Waals surface area contributed by atoms with Gasteiger partial charge in [-0.05, 0) is 12.1 Å². The second-order valence-corrected chi connectivity index (χ2v) is 6.85. The molecule has 0 unspecified atom stereocenters. The predicted molar refractivity (Wildman–Crippen MR) is 121 cm³/mol. The molecular formula is C19H33IN4O3. The van der Waals surface area contributed by atoms with Crippen molar-refractivity contribution < 1.29 is 14.3 Å². The van der Waals surface area contributed by atoms with Crippen LogP contribution in [-0.2, 0) is 9.53 Å². The van der Waals surface area contributed by atoms with E-state index in [1.807, 2.05) is 45.0 Å². The van der Waals surface area contributed by atoms with Gasteiger partial charge in [0.1, 0.15) is 5.75 Å². The van der Waals surface area contributed by atoms with Gasteiger partial charge in [0.2, 0.25) is 5.91 Å². The summed E-state index contributed by atoms with van der Waals surface area (Å²) in [6, 6.07) is 7.69. The smallest absolute Gasteiger partial charge is 0.225 e. The Morgan fingerprint density at radius 3 is 2.48 bits per heavy atom. The number of carbonyl (C=O) groups excluding carboxylic acids is 1. The molecule has 0 aliphatic heterocycles. The highest BCUT2D eigenvalue weighted by Crippen LogP contribution is 2.17. The van der Waals surface area contributed by atoms with Crippen LogP contribution in [0.3, 0.4) is 0 Å². The van der Waals surface area contributed by atoms with Crippen LogP contribution >= 0.6 is 24.0 Å². The number of guanidine groups is 1. The lowest BCUT2D eigenvalue weighted by Crippen LogP contribution is -2.41. The number of nitrogens with one attached hydrogen (secondary N) is 3. The number of halogens is 1. The molecule has 154 valence electrons. The zero-order valence-corrected chi connectivity index (χ0v) is 19.3. The van der Waals surface area contributed by atoms with Crippen molar-refractivity contribution in [1.82, 2.24) is 10.6 Å². The molecule has 0 aliphatic carbocycles. The van der Waals surface area contributed by atoms with E-state index in [0.29, 0.717) is 32.3 Å². The summed E-state index contributed by atoms with van der Waals surface area (Å²) in [5.74, 6) is 1.45. The number of anilines is 1. The largest absolute Gasteiger partial charge is 0.493 e. The summed E-state index contributed by atoms with van der Waals surface area (Å²) in [6.07, 6.45) is 0.845. The molecule has 0 spiro atoms. The van der Waals surface area contributed by atoms with Gasteiger partial charge >= 0.3 is 0 Å². The van der Waals surface area contributed by atoms with Crippen LogP contribution in [0.5, 0.6) is 5.75 Å². The molecule has 1 rings (SSSR count). The number of aliphatic imine (C=N–C) groups is 1. The van der Waals surface area contributed by atoms with E-state index in [0.717, 1.165) is 17.9 Å². The number of methoxy groups -OCH3 is 1. The molecule has 0 saturated heterocycles. The molecule has 0 aromatic heterocycles. The number of nitrogens with zero attached hydrogens (tertiary/aromatic N) is 1. The summed E-state index contributed by atoms with van der Waals surface area (Å²) >= 11 is 0. The van der Waals surface area contributed by atoms with E-state index in [4.69, 9.17) is 9.47 Å². The first-order chi connectivity index (χ1) is 12.4. The normalized spacial score (nSPS) is 11.4.